The van der Waals surface area contributed by atoms with Crippen molar-refractivity contribution in [2.24, 2.45) is 0 Å². The summed E-state index contributed by atoms with van der Waals surface area (Å²) in [7, 11) is 0. The molecule has 0 aliphatic heterocycles. The molecule has 0 heterocycles. The van der Waals surface area contributed by atoms with Crippen molar-refractivity contribution in [2.45, 2.75) is 104 Å². The number of hydrogen-bond acceptors (Lipinski definition) is 4. The topological polar surface area (TPSA) is 55.8 Å². The SMILES string of the molecule is CCCCCCCCCOc1ccc(C(=O)c2ccc(OCCCCCCCCC)cc2O)cc1. The Bertz CT molecular complexity index is 828. The minimum absolute atomic E-state index is 0.0497. The van der Waals surface area contributed by atoms with Crippen LogP contribution in [0.1, 0.15) is 120 Å². The third-order valence-corrected chi connectivity index (χ3v) is 6.36. The summed E-state index contributed by atoms with van der Waals surface area (Å²) in [6, 6.07) is 12.1. The van der Waals surface area contributed by atoms with E-state index in [1.807, 2.05) is 12.1 Å². The van der Waals surface area contributed by atoms with E-state index in [-0.39, 0.29) is 17.1 Å². The molecule has 0 fully saturated rings. The molecule has 0 aliphatic carbocycles. The molecular weight excluding hydrogens is 436 g/mol. The standard InChI is InChI=1S/C31H46O4/c1-3-5-7-9-11-13-15-23-34-27-19-17-26(18-20-27)31(33)29-22-21-28(25-30(29)32)35-24-16-14-12-10-8-6-4-2/h17-22,25,32H,3-16,23-24H2,1-2H3. The highest BCUT2D eigenvalue weighted by Gasteiger charge is 2.14. The minimum Gasteiger partial charge on any atom is -0.507 e. The largest absolute Gasteiger partial charge is 0.507 e. The number of unbranched alkanes of at least 4 members (excludes halogenated alkanes) is 12. The summed E-state index contributed by atoms with van der Waals surface area (Å²) in [6.07, 6.45) is 17.3. The molecule has 2 aromatic rings. The third-order valence-electron chi connectivity index (χ3n) is 6.36. The second-order valence-electron chi connectivity index (χ2n) is 9.47. The lowest BCUT2D eigenvalue weighted by Crippen LogP contribution is -2.03. The highest BCUT2D eigenvalue weighted by atomic mass is 16.5. The van der Waals surface area contributed by atoms with E-state index in [0.717, 1.165) is 25.0 Å². The lowest BCUT2D eigenvalue weighted by molar-refractivity contribution is 0.103. The predicted octanol–water partition coefficient (Wildman–Crippen LogP) is 8.88. The number of rotatable bonds is 20. The van der Waals surface area contributed by atoms with Crippen LogP contribution < -0.4 is 9.47 Å². The van der Waals surface area contributed by atoms with Gasteiger partial charge in [-0.05, 0) is 49.2 Å². The molecule has 2 rings (SSSR count). The zero-order valence-electron chi connectivity index (χ0n) is 22.0. The highest BCUT2D eigenvalue weighted by Crippen LogP contribution is 2.27. The number of hydrogen-bond donors (Lipinski definition) is 1. The van der Waals surface area contributed by atoms with E-state index in [1.54, 1.807) is 24.3 Å². The van der Waals surface area contributed by atoms with E-state index in [2.05, 4.69) is 13.8 Å². The Labute approximate surface area is 213 Å². The molecule has 35 heavy (non-hydrogen) atoms. The molecule has 0 radical (unpaired) electrons. The maximum absolute atomic E-state index is 12.9. The van der Waals surface area contributed by atoms with Gasteiger partial charge in [-0.25, -0.2) is 0 Å². The van der Waals surface area contributed by atoms with Crippen molar-refractivity contribution in [3.05, 3.63) is 53.6 Å². The maximum Gasteiger partial charge on any atom is 0.196 e. The lowest BCUT2D eigenvalue weighted by atomic mass is 10.0. The normalized spacial score (nSPS) is 10.9. The molecule has 4 nitrogen and oxygen atoms in total. The van der Waals surface area contributed by atoms with Crippen LogP contribution in [0.3, 0.4) is 0 Å². The van der Waals surface area contributed by atoms with E-state index in [9.17, 15) is 9.90 Å². The molecule has 0 bridgehead atoms. The molecule has 194 valence electrons. The second kappa shape index (κ2) is 17.9. The number of carbonyl (C=O) groups excluding carboxylic acids is 1. The van der Waals surface area contributed by atoms with Gasteiger partial charge in [-0.3, -0.25) is 4.79 Å². The monoisotopic (exact) mass is 482 g/mol. The summed E-state index contributed by atoms with van der Waals surface area (Å²) in [5.41, 5.74) is 0.810. The first kappa shape index (κ1) is 28.7. The first-order valence-corrected chi connectivity index (χ1v) is 13.9. The number of phenols is 1. The smallest absolute Gasteiger partial charge is 0.196 e. The molecule has 4 heteroatoms. The van der Waals surface area contributed by atoms with Gasteiger partial charge in [0, 0.05) is 11.6 Å². The molecule has 0 aliphatic rings. The number of aromatic hydroxyl groups is 1. The summed E-state index contributed by atoms with van der Waals surface area (Å²) >= 11 is 0. The molecule has 0 atom stereocenters. The van der Waals surface area contributed by atoms with E-state index < -0.39 is 0 Å². The average Bonchev–Trinajstić information content (AvgIpc) is 2.87. The molecule has 1 N–H and O–H groups in total. The molecule has 0 saturated heterocycles. The van der Waals surface area contributed by atoms with Gasteiger partial charge in [0.1, 0.15) is 17.2 Å². The van der Waals surface area contributed by atoms with Crippen LogP contribution in [0.25, 0.3) is 0 Å². The zero-order chi connectivity index (χ0) is 25.1. The van der Waals surface area contributed by atoms with Crippen LogP contribution in [0.4, 0.5) is 0 Å². The summed E-state index contributed by atoms with van der Waals surface area (Å²) in [6.45, 7) is 5.79. The van der Waals surface area contributed by atoms with E-state index in [1.165, 1.54) is 76.7 Å². The first-order valence-electron chi connectivity index (χ1n) is 13.9. The Balaban J connectivity index is 1.71. The number of ketones is 1. The number of ether oxygens (including phenoxy) is 2. The molecular formula is C31H46O4. The summed E-state index contributed by atoms with van der Waals surface area (Å²) in [5.74, 6) is 1.11. The highest BCUT2D eigenvalue weighted by molar-refractivity contribution is 6.10. The average molecular weight is 483 g/mol. The minimum atomic E-state index is -0.209. The molecule has 2 aromatic carbocycles. The van der Waals surface area contributed by atoms with Crippen LogP contribution in [0, 0.1) is 0 Å². The number of phenolic OH excluding ortho intramolecular Hbond substituents is 1. The van der Waals surface area contributed by atoms with Crippen LogP contribution in [-0.2, 0) is 0 Å². The van der Waals surface area contributed by atoms with Gasteiger partial charge in [-0.1, -0.05) is 90.9 Å². The summed E-state index contributed by atoms with van der Waals surface area (Å²) in [5, 5.41) is 10.4. The number of benzene rings is 2. The maximum atomic E-state index is 12.9. The summed E-state index contributed by atoms with van der Waals surface area (Å²) < 4.78 is 11.6. The van der Waals surface area contributed by atoms with Gasteiger partial charge in [0.05, 0.1) is 18.8 Å². The van der Waals surface area contributed by atoms with Crippen molar-refractivity contribution >= 4 is 5.78 Å². The van der Waals surface area contributed by atoms with Crippen LogP contribution in [0.5, 0.6) is 17.2 Å². The van der Waals surface area contributed by atoms with E-state index in [0.29, 0.717) is 24.5 Å². The quantitative estimate of drug-likeness (QED) is 0.151. The Morgan fingerprint density at radius 3 is 1.60 bits per heavy atom. The van der Waals surface area contributed by atoms with Gasteiger partial charge in [-0.2, -0.15) is 0 Å². The summed E-state index contributed by atoms with van der Waals surface area (Å²) in [4.78, 5) is 12.9. The second-order valence-corrected chi connectivity index (χ2v) is 9.47. The Morgan fingerprint density at radius 1 is 0.629 bits per heavy atom. The van der Waals surface area contributed by atoms with Gasteiger partial charge in [0.25, 0.3) is 0 Å². The van der Waals surface area contributed by atoms with Crippen LogP contribution >= 0.6 is 0 Å². The van der Waals surface area contributed by atoms with Crippen molar-refractivity contribution in [3.8, 4) is 17.2 Å². The predicted molar refractivity (Wildman–Crippen MR) is 145 cm³/mol. The fourth-order valence-corrected chi connectivity index (χ4v) is 4.15. The van der Waals surface area contributed by atoms with Crippen LogP contribution in [0.15, 0.2) is 42.5 Å². The van der Waals surface area contributed by atoms with Crippen LogP contribution in [0.2, 0.25) is 0 Å². The van der Waals surface area contributed by atoms with Crippen molar-refractivity contribution < 1.29 is 19.4 Å². The molecule has 0 amide bonds. The van der Waals surface area contributed by atoms with Crippen molar-refractivity contribution in [3.63, 3.8) is 0 Å². The van der Waals surface area contributed by atoms with Gasteiger partial charge in [-0.15, -0.1) is 0 Å². The van der Waals surface area contributed by atoms with E-state index >= 15 is 0 Å². The third kappa shape index (κ3) is 11.7. The van der Waals surface area contributed by atoms with Gasteiger partial charge in [0.2, 0.25) is 0 Å². The Hall–Kier alpha value is -2.49. The molecule has 0 saturated carbocycles. The Morgan fingerprint density at radius 2 is 1.09 bits per heavy atom. The van der Waals surface area contributed by atoms with Crippen molar-refractivity contribution in [1.82, 2.24) is 0 Å². The van der Waals surface area contributed by atoms with Crippen LogP contribution in [-0.4, -0.2) is 24.1 Å². The fourth-order valence-electron chi connectivity index (χ4n) is 4.15. The molecule has 0 unspecified atom stereocenters. The molecule has 0 spiro atoms. The zero-order valence-corrected chi connectivity index (χ0v) is 22.0. The molecule has 0 aromatic heterocycles. The van der Waals surface area contributed by atoms with Gasteiger partial charge < -0.3 is 14.6 Å². The van der Waals surface area contributed by atoms with E-state index in [4.69, 9.17) is 9.47 Å². The first-order chi connectivity index (χ1) is 17.2. The number of carbonyl (C=O) groups is 1. The van der Waals surface area contributed by atoms with Gasteiger partial charge >= 0.3 is 0 Å². The van der Waals surface area contributed by atoms with Crippen molar-refractivity contribution in [2.75, 3.05) is 13.2 Å². The Kier molecular flexibility index (Phi) is 14.7. The van der Waals surface area contributed by atoms with Crippen molar-refractivity contribution in [1.29, 1.82) is 0 Å². The fraction of sp³-hybridized carbons (Fsp3) is 0.581. The van der Waals surface area contributed by atoms with Gasteiger partial charge in [0.15, 0.2) is 5.78 Å². The lowest BCUT2D eigenvalue weighted by Gasteiger charge is -2.10.